The second-order valence-electron chi connectivity index (χ2n) is 2.69. The van der Waals surface area contributed by atoms with E-state index in [1.165, 1.54) is 6.42 Å². The highest BCUT2D eigenvalue weighted by molar-refractivity contribution is 5.78. The molecule has 0 fully saturated rings. The molecule has 0 aromatic carbocycles. The summed E-state index contributed by atoms with van der Waals surface area (Å²) in [7, 11) is 0. The van der Waals surface area contributed by atoms with Gasteiger partial charge in [0.05, 0.1) is 0 Å². The van der Waals surface area contributed by atoms with Crippen LogP contribution in [0.25, 0.3) is 0 Å². The molecule has 0 atom stereocenters. The molecular weight excluding hydrogens is 136 g/mol. The molecule has 1 nitrogen and oxygen atoms in total. The molecule has 0 saturated carbocycles. The van der Waals surface area contributed by atoms with Crippen LogP contribution in [-0.2, 0) is 4.79 Å². The Morgan fingerprint density at radius 1 is 1.18 bits per heavy atom. The second-order valence-corrected chi connectivity index (χ2v) is 2.69. The van der Waals surface area contributed by atoms with Crippen molar-refractivity contribution in [2.75, 3.05) is 0 Å². The van der Waals surface area contributed by atoms with Crippen molar-refractivity contribution >= 4 is 5.78 Å². The molecule has 0 aliphatic heterocycles. The lowest BCUT2D eigenvalue weighted by Gasteiger charge is -1.91. The van der Waals surface area contributed by atoms with E-state index in [1.54, 1.807) is 0 Å². The minimum absolute atomic E-state index is 0.367. The molecule has 11 heavy (non-hydrogen) atoms. The fourth-order valence-corrected chi connectivity index (χ4v) is 0.823. The first-order valence-electron chi connectivity index (χ1n) is 4.48. The van der Waals surface area contributed by atoms with Crippen molar-refractivity contribution in [3.8, 4) is 0 Å². The van der Waals surface area contributed by atoms with Crippen LogP contribution in [0.4, 0.5) is 0 Å². The van der Waals surface area contributed by atoms with Crippen LogP contribution in [0, 0.1) is 0 Å². The number of hydrogen-bond donors (Lipinski definition) is 0. The topological polar surface area (TPSA) is 17.1 Å². The number of carbonyl (C=O) groups excluding carboxylic acids is 1. The van der Waals surface area contributed by atoms with Gasteiger partial charge in [-0.05, 0) is 12.8 Å². The summed E-state index contributed by atoms with van der Waals surface area (Å²) in [4.78, 5) is 10.8. The molecule has 64 valence electrons. The molecule has 0 spiro atoms. The molecule has 0 unspecified atom stereocenters. The average Bonchev–Trinajstić information content (AvgIpc) is 2.04. The van der Waals surface area contributed by atoms with Gasteiger partial charge in [0.25, 0.3) is 0 Å². The summed E-state index contributed by atoms with van der Waals surface area (Å²) in [6.45, 7) is 4.07. The van der Waals surface area contributed by atoms with Crippen molar-refractivity contribution in [2.24, 2.45) is 0 Å². The first-order valence-corrected chi connectivity index (χ1v) is 4.48. The largest absolute Gasteiger partial charge is 0.300 e. The SMILES string of the molecule is CCCC=CCCC(=O)CC. The lowest BCUT2D eigenvalue weighted by molar-refractivity contribution is -0.118. The van der Waals surface area contributed by atoms with E-state index in [-0.39, 0.29) is 0 Å². The van der Waals surface area contributed by atoms with Crippen LogP contribution in [0.5, 0.6) is 0 Å². The van der Waals surface area contributed by atoms with Gasteiger partial charge in [-0.25, -0.2) is 0 Å². The predicted octanol–water partition coefficient (Wildman–Crippen LogP) is 3.10. The zero-order valence-electron chi connectivity index (χ0n) is 7.60. The molecule has 0 bridgehead atoms. The molecule has 0 amide bonds. The van der Waals surface area contributed by atoms with E-state index >= 15 is 0 Å². The van der Waals surface area contributed by atoms with Crippen molar-refractivity contribution in [2.45, 2.75) is 46.0 Å². The molecule has 0 aromatic heterocycles. The first kappa shape index (κ1) is 10.4. The lowest BCUT2D eigenvalue weighted by Crippen LogP contribution is -1.92. The molecule has 1 heteroatoms. The highest BCUT2D eigenvalue weighted by Crippen LogP contribution is 1.97. The number of ketones is 1. The number of hydrogen-bond acceptors (Lipinski definition) is 1. The van der Waals surface area contributed by atoms with Gasteiger partial charge in [-0.1, -0.05) is 32.4 Å². The summed E-state index contributed by atoms with van der Waals surface area (Å²) in [5, 5.41) is 0. The Morgan fingerprint density at radius 3 is 2.36 bits per heavy atom. The average molecular weight is 154 g/mol. The fourth-order valence-electron chi connectivity index (χ4n) is 0.823. The molecule has 0 heterocycles. The highest BCUT2D eigenvalue weighted by atomic mass is 16.1. The van der Waals surface area contributed by atoms with Gasteiger partial charge in [-0.15, -0.1) is 0 Å². The Morgan fingerprint density at radius 2 is 1.82 bits per heavy atom. The van der Waals surface area contributed by atoms with Gasteiger partial charge in [0.15, 0.2) is 0 Å². The Balaban J connectivity index is 3.19. The zero-order valence-corrected chi connectivity index (χ0v) is 7.60. The minimum atomic E-state index is 0.367. The van der Waals surface area contributed by atoms with E-state index in [0.29, 0.717) is 12.2 Å². The van der Waals surface area contributed by atoms with Crippen molar-refractivity contribution in [3.63, 3.8) is 0 Å². The summed E-state index contributed by atoms with van der Waals surface area (Å²) in [6.07, 6.45) is 8.92. The summed E-state index contributed by atoms with van der Waals surface area (Å²) >= 11 is 0. The molecular formula is C10H18O. The maximum Gasteiger partial charge on any atom is 0.132 e. The van der Waals surface area contributed by atoms with E-state index in [2.05, 4.69) is 19.1 Å². The third-order valence-electron chi connectivity index (χ3n) is 1.61. The van der Waals surface area contributed by atoms with Gasteiger partial charge in [0, 0.05) is 12.8 Å². The van der Waals surface area contributed by atoms with E-state index in [4.69, 9.17) is 0 Å². The van der Waals surface area contributed by atoms with Gasteiger partial charge in [0.2, 0.25) is 0 Å². The van der Waals surface area contributed by atoms with Crippen molar-refractivity contribution in [1.29, 1.82) is 0 Å². The van der Waals surface area contributed by atoms with Gasteiger partial charge in [-0.3, -0.25) is 4.79 Å². The zero-order chi connectivity index (χ0) is 8.53. The number of unbranched alkanes of at least 4 members (excludes halogenated alkanes) is 1. The maximum atomic E-state index is 10.8. The quantitative estimate of drug-likeness (QED) is 0.537. The molecule has 0 saturated heterocycles. The smallest absolute Gasteiger partial charge is 0.132 e. The summed E-state index contributed by atoms with van der Waals surface area (Å²) in [5.74, 6) is 0.367. The molecule has 0 N–H and O–H groups in total. The monoisotopic (exact) mass is 154 g/mol. The van der Waals surface area contributed by atoms with E-state index in [0.717, 1.165) is 19.3 Å². The van der Waals surface area contributed by atoms with Crippen LogP contribution >= 0.6 is 0 Å². The predicted molar refractivity (Wildman–Crippen MR) is 48.6 cm³/mol. The van der Waals surface area contributed by atoms with Crippen molar-refractivity contribution in [3.05, 3.63) is 12.2 Å². The summed E-state index contributed by atoms with van der Waals surface area (Å²) in [5.41, 5.74) is 0. The van der Waals surface area contributed by atoms with Crippen molar-refractivity contribution < 1.29 is 4.79 Å². The summed E-state index contributed by atoms with van der Waals surface area (Å²) in [6, 6.07) is 0. The van der Waals surface area contributed by atoms with Crippen LogP contribution in [0.15, 0.2) is 12.2 Å². The van der Waals surface area contributed by atoms with Crippen molar-refractivity contribution in [1.82, 2.24) is 0 Å². The van der Waals surface area contributed by atoms with Gasteiger partial charge in [-0.2, -0.15) is 0 Å². The van der Waals surface area contributed by atoms with Crippen LogP contribution in [0.1, 0.15) is 46.0 Å². The minimum Gasteiger partial charge on any atom is -0.300 e. The normalized spacial score (nSPS) is 10.7. The maximum absolute atomic E-state index is 10.8. The van der Waals surface area contributed by atoms with Crippen LogP contribution < -0.4 is 0 Å². The van der Waals surface area contributed by atoms with E-state index < -0.39 is 0 Å². The highest BCUT2D eigenvalue weighted by Gasteiger charge is 1.93. The number of rotatable bonds is 6. The lowest BCUT2D eigenvalue weighted by atomic mass is 10.1. The molecule has 0 aromatic rings. The number of Topliss-reactive ketones (excluding diaryl/α,β-unsaturated/α-hetero) is 1. The van der Waals surface area contributed by atoms with Crippen LogP contribution in [0.3, 0.4) is 0 Å². The van der Waals surface area contributed by atoms with Gasteiger partial charge in [0.1, 0.15) is 5.78 Å². The molecule has 0 radical (unpaired) electrons. The van der Waals surface area contributed by atoms with E-state index in [9.17, 15) is 4.79 Å². The Bertz CT molecular complexity index is 125. The Hall–Kier alpha value is -0.590. The second kappa shape index (κ2) is 7.52. The standard InChI is InChI=1S/C10H18O/c1-3-5-6-7-8-9-10(11)4-2/h6-7H,3-5,8-9H2,1-2H3. The molecule has 0 rings (SSSR count). The van der Waals surface area contributed by atoms with E-state index in [1.807, 2.05) is 6.92 Å². The number of carbonyl (C=O) groups is 1. The first-order chi connectivity index (χ1) is 5.31. The van der Waals surface area contributed by atoms with Crippen LogP contribution in [-0.4, -0.2) is 5.78 Å². The third-order valence-corrected chi connectivity index (χ3v) is 1.61. The Kier molecular flexibility index (Phi) is 7.11. The number of allylic oxidation sites excluding steroid dienone is 2. The Labute approximate surface area is 69.5 Å². The van der Waals surface area contributed by atoms with Crippen LogP contribution in [0.2, 0.25) is 0 Å². The van der Waals surface area contributed by atoms with Gasteiger partial charge < -0.3 is 0 Å². The molecule has 0 aliphatic rings. The molecule has 0 aliphatic carbocycles. The fraction of sp³-hybridized carbons (Fsp3) is 0.700. The third kappa shape index (κ3) is 7.31. The van der Waals surface area contributed by atoms with Gasteiger partial charge >= 0.3 is 0 Å². The summed E-state index contributed by atoms with van der Waals surface area (Å²) < 4.78 is 0.